The third kappa shape index (κ3) is 2.26. The normalized spacial score (nSPS) is 10.4. The highest BCUT2D eigenvalue weighted by molar-refractivity contribution is 7.98. The Kier molecular flexibility index (Phi) is 3.06. The average Bonchev–Trinajstić information content (AvgIpc) is 2.79. The van der Waals surface area contributed by atoms with Gasteiger partial charge in [-0.1, -0.05) is 5.16 Å². The summed E-state index contributed by atoms with van der Waals surface area (Å²) >= 11 is 1.51. The van der Waals surface area contributed by atoms with E-state index in [0.29, 0.717) is 11.3 Å². The van der Waals surface area contributed by atoms with E-state index in [2.05, 4.69) is 9.68 Å². The van der Waals surface area contributed by atoms with Crippen LogP contribution in [0.4, 0.5) is 0 Å². The molecule has 2 aromatic rings. The number of rotatable bonds is 3. The number of aromatic hydroxyl groups is 1. The van der Waals surface area contributed by atoms with Crippen LogP contribution in [0.2, 0.25) is 0 Å². The summed E-state index contributed by atoms with van der Waals surface area (Å²) in [5, 5.41) is 22.0. The molecule has 6 heteroatoms. The van der Waals surface area contributed by atoms with E-state index in [1.54, 1.807) is 12.1 Å². The largest absolute Gasteiger partial charge is 0.507 e. The average molecular weight is 251 g/mol. The van der Waals surface area contributed by atoms with E-state index in [0.717, 1.165) is 4.90 Å². The van der Waals surface area contributed by atoms with Gasteiger partial charge in [0, 0.05) is 16.5 Å². The standard InChI is InChI=1S/C11H9NO4S/c1-17-6-2-3-9(13)7(4-6)8-5-10(11(14)15)16-12-8/h2-5,13H,1H3,(H,14,15). The number of carbonyl (C=O) groups is 1. The molecule has 0 amide bonds. The summed E-state index contributed by atoms with van der Waals surface area (Å²) in [5.74, 6) is -1.41. The number of nitrogens with zero attached hydrogens (tertiary/aromatic N) is 1. The lowest BCUT2D eigenvalue weighted by Gasteiger charge is -2.02. The van der Waals surface area contributed by atoms with E-state index in [4.69, 9.17) is 5.11 Å². The Labute approximate surface area is 101 Å². The van der Waals surface area contributed by atoms with Crippen molar-refractivity contribution in [1.29, 1.82) is 0 Å². The molecular formula is C11H9NO4S. The fourth-order valence-electron chi connectivity index (χ4n) is 1.35. The molecule has 0 saturated carbocycles. The number of phenols is 1. The predicted octanol–water partition coefficient (Wildman–Crippen LogP) is 2.47. The summed E-state index contributed by atoms with van der Waals surface area (Å²) in [7, 11) is 0. The van der Waals surface area contributed by atoms with Gasteiger partial charge in [-0.3, -0.25) is 0 Å². The van der Waals surface area contributed by atoms with Crippen LogP contribution in [-0.2, 0) is 0 Å². The van der Waals surface area contributed by atoms with Gasteiger partial charge < -0.3 is 14.7 Å². The Balaban J connectivity index is 2.47. The van der Waals surface area contributed by atoms with E-state index in [1.807, 2.05) is 6.26 Å². The fraction of sp³-hybridized carbons (Fsp3) is 0.0909. The van der Waals surface area contributed by atoms with Crippen LogP contribution in [0.3, 0.4) is 0 Å². The summed E-state index contributed by atoms with van der Waals surface area (Å²) in [6.45, 7) is 0. The van der Waals surface area contributed by atoms with Gasteiger partial charge in [0.2, 0.25) is 5.76 Å². The summed E-state index contributed by atoms with van der Waals surface area (Å²) in [4.78, 5) is 11.6. The topological polar surface area (TPSA) is 83.6 Å². The van der Waals surface area contributed by atoms with Gasteiger partial charge >= 0.3 is 5.97 Å². The number of hydrogen-bond donors (Lipinski definition) is 2. The first kappa shape index (κ1) is 11.5. The van der Waals surface area contributed by atoms with Gasteiger partial charge in [0.1, 0.15) is 11.4 Å². The number of carboxylic acid groups (broad SMARTS) is 1. The van der Waals surface area contributed by atoms with Crippen molar-refractivity contribution >= 4 is 17.7 Å². The molecule has 0 fully saturated rings. The molecule has 0 radical (unpaired) electrons. The molecule has 1 aromatic carbocycles. The molecule has 0 aliphatic carbocycles. The van der Waals surface area contributed by atoms with Crippen molar-refractivity contribution in [3.8, 4) is 17.0 Å². The predicted molar refractivity (Wildman–Crippen MR) is 62.3 cm³/mol. The van der Waals surface area contributed by atoms with Crippen molar-refractivity contribution < 1.29 is 19.5 Å². The molecule has 88 valence electrons. The third-order valence-corrected chi connectivity index (χ3v) is 2.93. The van der Waals surface area contributed by atoms with Gasteiger partial charge in [-0.05, 0) is 24.5 Å². The molecule has 0 atom stereocenters. The van der Waals surface area contributed by atoms with Crippen LogP contribution in [0, 0.1) is 0 Å². The lowest BCUT2D eigenvalue weighted by molar-refractivity contribution is 0.0652. The van der Waals surface area contributed by atoms with Crippen molar-refractivity contribution in [2.75, 3.05) is 6.26 Å². The molecule has 1 heterocycles. The zero-order valence-corrected chi connectivity index (χ0v) is 9.69. The number of aromatic nitrogens is 1. The van der Waals surface area contributed by atoms with Gasteiger partial charge in [0.25, 0.3) is 0 Å². The van der Waals surface area contributed by atoms with Crippen LogP contribution in [-0.4, -0.2) is 27.6 Å². The summed E-state index contributed by atoms with van der Waals surface area (Å²) in [5.41, 5.74) is 0.754. The van der Waals surface area contributed by atoms with Crippen molar-refractivity contribution in [1.82, 2.24) is 5.16 Å². The van der Waals surface area contributed by atoms with E-state index in [-0.39, 0.29) is 11.5 Å². The summed E-state index contributed by atoms with van der Waals surface area (Å²) in [6, 6.07) is 6.31. The van der Waals surface area contributed by atoms with E-state index >= 15 is 0 Å². The van der Waals surface area contributed by atoms with Gasteiger partial charge in [0.15, 0.2) is 0 Å². The lowest BCUT2D eigenvalue weighted by Crippen LogP contribution is -1.91. The molecular weight excluding hydrogens is 242 g/mol. The third-order valence-electron chi connectivity index (χ3n) is 2.20. The van der Waals surface area contributed by atoms with Crippen LogP contribution >= 0.6 is 11.8 Å². The highest BCUT2D eigenvalue weighted by Gasteiger charge is 2.15. The van der Waals surface area contributed by atoms with Crippen LogP contribution in [0.25, 0.3) is 11.3 Å². The van der Waals surface area contributed by atoms with Crippen LogP contribution in [0.1, 0.15) is 10.6 Å². The Morgan fingerprint density at radius 3 is 2.76 bits per heavy atom. The fourth-order valence-corrected chi connectivity index (χ4v) is 1.79. The molecule has 0 bridgehead atoms. The second-order valence-corrected chi connectivity index (χ2v) is 4.14. The monoisotopic (exact) mass is 251 g/mol. The Bertz CT molecular complexity index is 564. The second-order valence-electron chi connectivity index (χ2n) is 3.26. The molecule has 1 aromatic heterocycles. The smallest absolute Gasteiger partial charge is 0.374 e. The highest BCUT2D eigenvalue weighted by Crippen LogP contribution is 2.32. The van der Waals surface area contributed by atoms with E-state index < -0.39 is 5.97 Å². The van der Waals surface area contributed by atoms with Crippen molar-refractivity contribution in [3.63, 3.8) is 0 Å². The Hall–Kier alpha value is -1.95. The zero-order chi connectivity index (χ0) is 12.4. The molecule has 0 saturated heterocycles. The zero-order valence-electron chi connectivity index (χ0n) is 8.88. The van der Waals surface area contributed by atoms with Crippen molar-refractivity contribution in [2.45, 2.75) is 4.90 Å². The van der Waals surface area contributed by atoms with E-state index in [9.17, 15) is 9.90 Å². The molecule has 0 spiro atoms. The number of carboxylic acids is 1. The number of phenolic OH excluding ortho intramolecular Hbond substituents is 1. The minimum Gasteiger partial charge on any atom is -0.507 e. The molecule has 2 N–H and O–H groups in total. The van der Waals surface area contributed by atoms with Crippen LogP contribution in [0.5, 0.6) is 5.75 Å². The highest BCUT2D eigenvalue weighted by atomic mass is 32.2. The quantitative estimate of drug-likeness (QED) is 0.815. The number of hydrogen-bond acceptors (Lipinski definition) is 5. The van der Waals surface area contributed by atoms with Crippen LogP contribution < -0.4 is 0 Å². The van der Waals surface area contributed by atoms with Crippen LogP contribution in [0.15, 0.2) is 33.7 Å². The minimum absolute atomic E-state index is 0.0352. The molecule has 2 rings (SSSR count). The molecule has 0 aliphatic heterocycles. The maximum atomic E-state index is 10.7. The van der Waals surface area contributed by atoms with Crippen molar-refractivity contribution in [2.24, 2.45) is 0 Å². The SMILES string of the molecule is CSc1ccc(O)c(-c2cc(C(=O)O)on2)c1. The molecule has 5 nitrogen and oxygen atoms in total. The Morgan fingerprint density at radius 2 is 2.18 bits per heavy atom. The molecule has 17 heavy (non-hydrogen) atoms. The molecule has 0 aliphatic rings. The van der Waals surface area contributed by atoms with Crippen molar-refractivity contribution in [3.05, 3.63) is 30.0 Å². The summed E-state index contributed by atoms with van der Waals surface area (Å²) < 4.78 is 4.64. The second kappa shape index (κ2) is 4.50. The lowest BCUT2D eigenvalue weighted by atomic mass is 10.1. The van der Waals surface area contributed by atoms with Gasteiger partial charge in [-0.15, -0.1) is 11.8 Å². The summed E-state index contributed by atoms with van der Waals surface area (Å²) in [6.07, 6.45) is 1.90. The van der Waals surface area contributed by atoms with E-state index in [1.165, 1.54) is 23.9 Å². The van der Waals surface area contributed by atoms with Gasteiger partial charge in [-0.25, -0.2) is 4.79 Å². The van der Waals surface area contributed by atoms with Gasteiger partial charge in [0.05, 0.1) is 0 Å². The first-order chi connectivity index (χ1) is 8.11. The van der Waals surface area contributed by atoms with Gasteiger partial charge in [-0.2, -0.15) is 0 Å². The first-order valence-corrected chi connectivity index (χ1v) is 5.91. The number of aromatic carboxylic acids is 1. The number of thioether (sulfide) groups is 1. The number of benzene rings is 1. The molecule has 0 unspecified atom stereocenters. The Morgan fingerprint density at radius 1 is 1.41 bits per heavy atom. The maximum absolute atomic E-state index is 10.7. The maximum Gasteiger partial charge on any atom is 0.374 e. The first-order valence-electron chi connectivity index (χ1n) is 4.69. The minimum atomic E-state index is -1.19.